The number of esters is 2. The lowest BCUT2D eigenvalue weighted by Gasteiger charge is -2.29. The first kappa shape index (κ1) is 12.7. The Labute approximate surface area is 92.5 Å². The third-order valence-electron chi connectivity index (χ3n) is 2.27. The van der Waals surface area contributed by atoms with Crippen LogP contribution in [0.4, 0.5) is 0 Å². The van der Waals surface area contributed by atoms with Gasteiger partial charge in [-0.1, -0.05) is 0 Å². The average Bonchev–Trinajstić information content (AvgIpc) is 2.22. The van der Waals surface area contributed by atoms with E-state index in [9.17, 15) is 19.8 Å². The van der Waals surface area contributed by atoms with Gasteiger partial charge in [-0.3, -0.25) is 4.79 Å². The van der Waals surface area contributed by atoms with Gasteiger partial charge in [0.15, 0.2) is 0 Å². The summed E-state index contributed by atoms with van der Waals surface area (Å²) in [5.74, 6) is -1.21. The second kappa shape index (κ2) is 5.09. The molecular weight excluding hydrogens is 216 g/mol. The van der Waals surface area contributed by atoms with Crippen LogP contribution in [0.3, 0.4) is 0 Å². The molecule has 16 heavy (non-hydrogen) atoms. The first-order valence-electron chi connectivity index (χ1n) is 4.78. The lowest BCUT2D eigenvalue weighted by molar-refractivity contribution is -0.154. The molecule has 0 aromatic rings. The van der Waals surface area contributed by atoms with E-state index in [0.29, 0.717) is 0 Å². The third kappa shape index (κ3) is 2.80. The van der Waals surface area contributed by atoms with Crippen LogP contribution in [-0.2, 0) is 19.1 Å². The summed E-state index contributed by atoms with van der Waals surface area (Å²) in [6, 6.07) is 0. The van der Waals surface area contributed by atoms with Crippen molar-refractivity contribution in [2.24, 2.45) is 0 Å². The SMILES string of the molecule is COC(=O)C1=C[C@@H](OC(C)=O)[C@@H](O)[C@H](O)C1. The molecule has 0 aliphatic heterocycles. The molecule has 0 spiro atoms. The Morgan fingerprint density at radius 2 is 2.06 bits per heavy atom. The maximum absolute atomic E-state index is 11.2. The van der Waals surface area contributed by atoms with Gasteiger partial charge in [0.25, 0.3) is 0 Å². The fourth-order valence-corrected chi connectivity index (χ4v) is 1.51. The normalized spacial score (nSPS) is 29.2. The highest BCUT2D eigenvalue weighted by Crippen LogP contribution is 2.22. The molecule has 6 nitrogen and oxygen atoms in total. The van der Waals surface area contributed by atoms with Gasteiger partial charge in [-0.05, 0) is 6.08 Å². The van der Waals surface area contributed by atoms with E-state index in [0.717, 1.165) is 0 Å². The first-order chi connectivity index (χ1) is 7.45. The molecule has 6 heteroatoms. The van der Waals surface area contributed by atoms with Crippen molar-refractivity contribution in [2.45, 2.75) is 31.7 Å². The van der Waals surface area contributed by atoms with Crippen LogP contribution >= 0.6 is 0 Å². The molecule has 1 aliphatic rings. The smallest absolute Gasteiger partial charge is 0.333 e. The fraction of sp³-hybridized carbons (Fsp3) is 0.600. The summed E-state index contributed by atoms with van der Waals surface area (Å²) >= 11 is 0. The quantitative estimate of drug-likeness (QED) is 0.600. The van der Waals surface area contributed by atoms with E-state index in [4.69, 9.17) is 4.74 Å². The number of hydrogen-bond acceptors (Lipinski definition) is 6. The van der Waals surface area contributed by atoms with Crippen LogP contribution in [0.25, 0.3) is 0 Å². The molecule has 3 atom stereocenters. The van der Waals surface area contributed by atoms with Crippen LogP contribution in [0.5, 0.6) is 0 Å². The predicted molar refractivity (Wildman–Crippen MR) is 52.3 cm³/mol. The molecular formula is C10H14O6. The molecule has 0 heterocycles. The molecule has 0 saturated heterocycles. The van der Waals surface area contributed by atoms with Gasteiger partial charge < -0.3 is 19.7 Å². The Kier molecular flexibility index (Phi) is 4.03. The van der Waals surface area contributed by atoms with Gasteiger partial charge in [0.05, 0.1) is 13.2 Å². The van der Waals surface area contributed by atoms with E-state index < -0.39 is 30.3 Å². The summed E-state index contributed by atoms with van der Waals surface area (Å²) in [5, 5.41) is 19.0. The van der Waals surface area contributed by atoms with E-state index in [1.807, 2.05) is 0 Å². The lowest BCUT2D eigenvalue weighted by Crippen LogP contribution is -2.43. The topological polar surface area (TPSA) is 93.1 Å². The van der Waals surface area contributed by atoms with E-state index in [2.05, 4.69) is 4.74 Å². The van der Waals surface area contributed by atoms with Crippen molar-refractivity contribution < 1.29 is 29.3 Å². The van der Waals surface area contributed by atoms with Crippen molar-refractivity contribution in [3.05, 3.63) is 11.6 Å². The number of carbonyl (C=O) groups excluding carboxylic acids is 2. The van der Waals surface area contributed by atoms with E-state index in [-0.39, 0.29) is 12.0 Å². The van der Waals surface area contributed by atoms with E-state index in [1.54, 1.807) is 0 Å². The molecule has 0 unspecified atom stereocenters. The summed E-state index contributed by atoms with van der Waals surface area (Å²) in [4.78, 5) is 22.0. The number of hydrogen-bond donors (Lipinski definition) is 2. The first-order valence-corrected chi connectivity index (χ1v) is 4.78. The maximum atomic E-state index is 11.2. The second-order valence-corrected chi connectivity index (χ2v) is 3.52. The van der Waals surface area contributed by atoms with Crippen molar-refractivity contribution in [3.63, 3.8) is 0 Å². The zero-order valence-corrected chi connectivity index (χ0v) is 9.04. The van der Waals surface area contributed by atoms with Crippen LogP contribution in [-0.4, -0.2) is 47.6 Å². The standard InChI is InChI=1S/C10H14O6/c1-5(11)16-8-4-6(10(14)15-2)3-7(12)9(8)13/h4,7-9,12-13H,3H2,1-2H3/t7-,8-,9+/m1/s1. The summed E-state index contributed by atoms with van der Waals surface area (Å²) in [6.07, 6.45) is -2.12. The minimum Gasteiger partial charge on any atom is -0.466 e. The van der Waals surface area contributed by atoms with Gasteiger partial charge in [-0.15, -0.1) is 0 Å². The Balaban J connectivity index is 2.87. The molecule has 0 fully saturated rings. The Bertz CT molecular complexity index is 321. The number of methoxy groups -OCH3 is 1. The van der Waals surface area contributed by atoms with Crippen LogP contribution in [0.2, 0.25) is 0 Å². The zero-order chi connectivity index (χ0) is 12.3. The van der Waals surface area contributed by atoms with Gasteiger partial charge in [0, 0.05) is 18.9 Å². The highest BCUT2D eigenvalue weighted by atomic mass is 16.6. The van der Waals surface area contributed by atoms with Crippen LogP contribution < -0.4 is 0 Å². The Hall–Kier alpha value is -1.40. The number of rotatable bonds is 2. The van der Waals surface area contributed by atoms with Crippen molar-refractivity contribution in [1.82, 2.24) is 0 Å². The van der Waals surface area contributed by atoms with Crippen molar-refractivity contribution in [3.8, 4) is 0 Å². The van der Waals surface area contributed by atoms with Gasteiger partial charge in [0.1, 0.15) is 12.2 Å². The minimum atomic E-state index is -1.22. The number of aliphatic hydroxyl groups excluding tert-OH is 2. The van der Waals surface area contributed by atoms with Gasteiger partial charge in [-0.2, -0.15) is 0 Å². The molecule has 0 aromatic carbocycles. The predicted octanol–water partition coefficient (Wildman–Crippen LogP) is -0.857. The summed E-state index contributed by atoms with van der Waals surface area (Å²) < 4.78 is 9.25. The van der Waals surface area contributed by atoms with Gasteiger partial charge in [0.2, 0.25) is 0 Å². The Morgan fingerprint density at radius 1 is 1.44 bits per heavy atom. The number of ether oxygens (including phenoxy) is 2. The Morgan fingerprint density at radius 3 is 2.56 bits per heavy atom. The molecule has 0 radical (unpaired) electrons. The number of carbonyl (C=O) groups is 2. The minimum absolute atomic E-state index is 0.0222. The van der Waals surface area contributed by atoms with Crippen molar-refractivity contribution in [2.75, 3.05) is 7.11 Å². The van der Waals surface area contributed by atoms with Crippen LogP contribution in [0.1, 0.15) is 13.3 Å². The molecule has 1 rings (SSSR count). The fourth-order valence-electron chi connectivity index (χ4n) is 1.51. The second-order valence-electron chi connectivity index (χ2n) is 3.52. The molecule has 0 aromatic heterocycles. The molecule has 1 aliphatic carbocycles. The molecule has 2 N–H and O–H groups in total. The number of aliphatic hydroxyl groups is 2. The maximum Gasteiger partial charge on any atom is 0.333 e. The van der Waals surface area contributed by atoms with Crippen molar-refractivity contribution in [1.29, 1.82) is 0 Å². The van der Waals surface area contributed by atoms with Gasteiger partial charge in [-0.25, -0.2) is 4.79 Å². The van der Waals surface area contributed by atoms with E-state index >= 15 is 0 Å². The van der Waals surface area contributed by atoms with Crippen LogP contribution in [0.15, 0.2) is 11.6 Å². The highest BCUT2D eigenvalue weighted by Gasteiger charge is 2.34. The van der Waals surface area contributed by atoms with Crippen molar-refractivity contribution >= 4 is 11.9 Å². The largest absolute Gasteiger partial charge is 0.466 e. The monoisotopic (exact) mass is 230 g/mol. The van der Waals surface area contributed by atoms with E-state index in [1.165, 1.54) is 20.1 Å². The molecule has 0 amide bonds. The molecule has 90 valence electrons. The summed E-state index contributed by atoms with van der Waals surface area (Å²) in [5.41, 5.74) is 0.187. The third-order valence-corrected chi connectivity index (χ3v) is 2.27. The summed E-state index contributed by atoms with van der Waals surface area (Å²) in [7, 11) is 1.21. The average molecular weight is 230 g/mol. The molecule has 0 bridgehead atoms. The van der Waals surface area contributed by atoms with Gasteiger partial charge >= 0.3 is 11.9 Å². The highest BCUT2D eigenvalue weighted by molar-refractivity contribution is 5.88. The molecule has 0 saturated carbocycles. The summed E-state index contributed by atoms with van der Waals surface area (Å²) in [6.45, 7) is 1.18. The lowest BCUT2D eigenvalue weighted by atomic mass is 9.92. The zero-order valence-electron chi connectivity index (χ0n) is 9.04. The van der Waals surface area contributed by atoms with Crippen LogP contribution in [0, 0.1) is 0 Å².